The summed E-state index contributed by atoms with van der Waals surface area (Å²) < 4.78 is 0. The van der Waals surface area contributed by atoms with Gasteiger partial charge in [0.2, 0.25) is 0 Å². The maximum atomic E-state index is 12.0. The second-order valence-corrected chi connectivity index (χ2v) is 4.41. The summed E-state index contributed by atoms with van der Waals surface area (Å²) >= 11 is 5.99. The third-order valence-electron chi connectivity index (χ3n) is 2.72. The van der Waals surface area contributed by atoms with E-state index in [1.54, 1.807) is 0 Å². The molecule has 1 atom stereocenters. The van der Waals surface area contributed by atoms with E-state index in [2.05, 4.69) is 20.7 Å². The number of rotatable bonds is 4. The second-order valence-electron chi connectivity index (χ2n) is 4.14. The van der Waals surface area contributed by atoms with Crippen LogP contribution in [-0.4, -0.2) is 27.2 Å². The van der Waals surface area contributed by atoms with Crippen LogP contribution < -0.4 is 5.32 Å². The molecule has 1 heterocycles. The Morgan fingerprint density at radius 1 is 1.44 bits per heavy atom. The number of alkyl halides is 1. The molecule has 0 saturated carbocycles. The summed E-state index contributed by atoms with van der Waals surface area (Å²) in [4.78, 5) is 12.0. The molecule has 0 aliphatic heterocycles. The van der Waals surface area contributed by atoms with Crippen LogP contribution in [0.4, 0.5) is 0 Å². The predicted molar refractivity (Wildman–Crippen MR) is 68.4 cm³/mol. The van der Waals surface area contributed by atoms with E-state index < -0.39 is 5.54 Å². The molecule has 0 saturated heterocycles. The van der Waals surface area contributed by atoms with Crippen molar-refractivity contribution in [3.63, 3.8) is 0 Å². The lowest BCUT2D eigenvalue weighted by Gasteiger charge is -2.28. The lowest BCUT2D eigenvalue weighted by molar-refractivity contribution is 0.0908. The van der Waals surface area contributed by atoms with Crippen LogP contribution in [0.15, 0.2) is 36.5 Å². The fourth-order valence-corrected chi connectivity index (χ4v) is 1.84. The van der Waals surface area contributed by atoms with Gasteiger partial charge < -0.3 is 5.32 Å². The fourth-order valence-electron chi connectivity index (χ4n) is 1.61. The Bertz CT molecular complexity index is 514. The van der Waals surface area contributed by atoms with E-state index in [0.717, 1.165) is 5.56 Å². The molecule has 5 nitrogen and oxygen atoms in total. The number of nitrogens with zero attached hydrogens (tertiary/aromatic N) is 2. The molecule has 2 N–H and O–H groups in total. The minimum atomic E-state index is -0.640. The lowest BCUT2D eigenvalue weighted by atomic mass is 9.94. The maximum Gasteiger partial charge on any atom is 0.274 e. The molecule has 0 spiro atoms. The monoisotopic (exact) mass is 264 g/mol. The first kappa shape index (κ1) is 12.6. The Morgan fingerprint density at radius 3 is 2.72 bits per heavy atom. The molecular weight excluding hydrogens is 252 g/mol. The standard InChI is InChI=1S/C12H13ClN4O/c1-12(8-13,9-5-3-2-4-6-9)15-11(18)10-7-14-17-16-10/h2-7H,8H2,1H3,(H,15,18)(H,14,16,17). The van der Waals surface area contributed by atoms with E-state index in [1.165, 1.54) is 6.20 Å². The molecule has 1 aromatic heterocycles. The van der Waals surface area contributed by atoms with Crippen LogP contribution in [0.3, 0.4) is 0 Å². The molecule has 1 amide bonds. The smallest absolute Gasteiger partial charge is 0.274 e. The largest absolute Gasteiger partial charge is 0.340 e. The Kier molecular flexibility index (Phi) is 3.62. The van der Waals surface area contributed by atoms with Gasteiger partial charge in [-0.15, -0.1) is 11.6 Å². The molecule has 18 heavy (non-hydrogen) atoms. The minimum absolute atomic E-state index is 0.238. The highest BCUT2D eigenvalue weighted by Crippen LogP contribution is 2.22. The predicted octanol–water partition coefficient (Wildman–Crippen LogP) is 1.69. The highest BCUT2D eigenvalue weighted by molar-refractivity contribution is 6.18. The van der Waals surface area contributed by atoms with Gasteiger partial charge in [0.1, 0.15) is 0 Å². The minimum Gasteiger partial charge on any atom is -0.340 e. The van der Waals surface area contributed by atoms with E-state index in [4.69, 9.17) is 11.6 Å². The van der Waals surface area contributed by atoms with Gasteiger partial charge in [-0.25, -0.2) is 0 Å². The summed E-state index contributed by atoms with van der Waals surface area (Å²) in [5, 5.41) is 12.6. The summed E-state index contributed by atoms with van der Waals surface area (Å²) in [6, 6.07) is 9.57. The molecule has 94 valence electrons. The molecule has 1 unspecified atom stereocenters. The molecule has 0 fully saturated rings. The second kappa shape index (κ2) is 5.18. The van der Waals surface area contributed by atoms with Crippen LogP contribution in [-0.2, 0) is 5.54 Å². The van der Waals surface area contributed by atoms with Gasteiger partial charge in [0.05, 0.1) is 11.7 Å². The van der Waals surface area contributed by atoms with Crippen molar-refractivity contribution in [1.82, 2.24) is 20.7 Å². The van der Waals surface area contributed by atoms with Crippen LogP contribution in [0.25, 0.3) is 0 Å². The van der Waals surface area contributed by atoms with Crippen molar-refractivity contribution in [3.8, 4) is 0 Å². The molecule has 1 aromatic carbocycles. The normalized spacial score (nSPS) is 13.9. The van der Waals surface area contributed by atoms with Crippen molar-refractivity contribution in [2.75, 3.05) is 5.88 Å². The Hall–Kier alpha value is -1.88. The molecule has 0 radical (unpaired) electrons. The summed E-state index contributed by atoms with van der Waals surface area (Å²) in [6.07, 6.45) is 1.37. The lowest BCUT2D eigenvalue weighted by Crippen LogP contribution is -2.45. The number of amides is 1. The molecular formula is C12H13ClN4O. The zero-order valence-electron chi connectivity index (χ0n) is 9.85. The SMILES string of the molecule is CC(CCl)(NC(=O)c1cn[nH]n1)c1ccccc1. The molecule has 2 rings (SSSR count). The van der Waals surface area contributed by atoms with E-state index in [1.807, 2.05) is 37.3 Å². The van der Waals surface area contributed by atoms with Gasteiger partial charge in [0.15, 0.2) is 5.69 Å². The van der Waals surface area contributed by atoms with E-state index >= 15 is 0 Å². The Morgan fingerprint density at radius 2 is 2.17 bits per heavy atom. The number of hydrogen-bond donors (Lipinski definition) is 2. The number of hydrogen-bond acceptors (Lipinski definition) is 3. The summed E-state index contributed by atoms with van der Waals surface area (Å²) in [7, 11) is 0. The van der Waals surface area contributed by atoms with E-state index in [9.17, 15) is 4.79 Å². The number of H-pyrrole nitrogens is 1. The van der Waals surface area contributed by atoms with Gasteiger partial charge in [0, 0.05) is 5.88 Å². The zero-order valence-corrected chi connectivity index (χ0v) is 10.6. The fraction of sp³-hybridized carbons (Fsp3) is 0.250. The van der Waals surface area contributed by atoms with E-state index in [-0.39, 0.29) is 17.5 Å². The van der Waals surface area contributed by atoms with E-state index in [0.29, 0.717) is 0 Å². The zero-order chi connectivity index (χ0) is 13.0. The first-order valence-electron chi connectivity index (χ1n) is 5.45. The van der Waals surface area contributed by atoms with Crippen LogP contribution >= 0.6 is 11.6 Å². The molecule has 0 aliphatic rings. The van der Waals surface area contributed by atoms with Crippen LogP contribution in [0.2, 0.25) is 0 Å². The summed E-state index contributed by atoms with van der Waals surface area (Å²) in [6.45, 7) is 1.87. The number of halogens is 1. The third-order valence-corrected chi connectivity index (χ3v) is 3.25. The summed E-state index contributed by atoms with van der Waals surface area (Å²) in [5.41, 5.74) is 0.540. The highest BCUT2D eigenvalue weighted by atomic mass is 35.5. The molecule has 6 heteroatoms. The van der Waals surface area contributed by atoms with Crippen LogP contribution in [0, 0.1) is 0 Å². The molecule has 0 bridgehead atoms. The quantitative estimate of drug-likeness (QED) is 0.826. The number of aromatic amines is 1. The van der Waals surface area contributed by atoms with Gasteiger partial charge in [-0.2, -0.15) is 15.4 Å². The van der Waals surface area contributed by atoms with Crippen LogP contribution in [0.1, 0.15) is 23.0 Å². The Balaban J connectivity index is 2.21. The van der Waals surface area contributed by atoms with Gasteiger partial charge in [0.25, 0.3) is 5.91 Å². The van der Waals surface area contributed by atoms with Gasteiger partial charge >= 0.3 is 0 Å². The first-order valence-corrected chi connectivity index (χ1v) is 5.99. The van der Waals surface area contributed by atoms with Gasteiger partial charge in [-0.1, -0.05) is 30.3 Å². The number of carbonyl (C=O) groups is 1. The Labute approximate surface area is 110 Å². The molecule has 0 aliphatic carbocycles. The number of benzene rings is 1. The highest BCUT2D eigenvalue weighted by Gasteiger charge is 2.28. The van der Waals surface area contributed by atoms with Crippen molar-refractivity contribution in [2.45, 2.75) is 12.5 Å². The van der Waals surface area contributed by atoms with Crippen molar-refractivity contribution in [3.05, 3.63) is 47.8 Å². The average Bonchev–Trinajstić information content (AvgIpc) is 2.93. The van der Waals surface area contributed by atoms with Crippen molar-refractivity contribution in [1.29, 1.82) is 0 Å². The molecule has 2 aromatic rings. The third kappa shape index (κ3) is 2.51. The van der Waals surface area contributed by atoms with Crippen molar-refractivity contribution >= 4 is 17.5 Å². The first-order chi connectivity index (χ1) is 8.65. The number of aromatic nitrogens is 3. The van der Waals surface area contributed by atoms with Crippen molar-refractivity contribution < 1.29 is 4.79 Å². The maximum absolute atomic E-state index is 12.0. The van der Waals surface area contributed by atoms with Gasteiger partial charge in [-0.3, -0.25) is 4.79 Å². The number of nitrogens with one attached hydrogen (secondary N) is 2. The number of carbonyl (C=O) groups excluding carboxylic acids is 1. The van der Waals surface area contributed by atoms with Gasteiger partial charge in [-0.05, 0) is 12.5 Å². The topological polar surface area (TPSA) is 70.7 Å². The summed E-state index contributed by atoms with van der Waals surface area (Å²) in [5.74, 6) is -0.0450. The van der Waals surface area contributed by atoms with Crippen molar-refractivity contribution in [2.24, 2.45) is 0 Å². The average molecular weight is 265 g/mol. The van der Waals surface area contributed by atoms with Crippen LogP contribution in [0.5, 0.6) is 0 Å².